The number of nitrogens with one attached hydrogen (secondary N) is 2. The number of hydrogen-bond acceptors (Lipinski definition) is 6. The van der Waals surface area contributed by atoms with Gasteiger partial charge in [-0.2, -0.15) is 0 Å². The molecule has 2 aromatic heterocycles. The molecule has 8 nitrogen and oxygen atoms in total. The molecule has 0 unspecified atom stereocenters. The molecule has 2 N–H and O–H groups in total. The fourth-order valence-corrected chi connectivity index (χ4v) is 3.98. The number of anilines is 1. The summed E-state index contributed by atoms with van der Waals surface area (Å²) >= 11 is 13.2. The molecule has 2 aromatic carbocycles. The third-order valence-electron chi connectivity index (χ3n) is 4.45. The lowest BCUT2D eigenvalue weighted by Gasteiger charge is -2.07. The molecule has 2 heterocycles. The molecule has 1 amide bonds. The molecular formula is C20H16Cl2N6O2S. The first kappa shape index (κ1) is 21.4. The second kappa shape index (κ2) is 9.09. The summed E-state index contributed by atoms with van der Waals surface area (Å²) < 4.78 is 1.73. The van der Waals surface area contributed by atoms with E-state index >= 15 is 0 Å². The molecule has 4 rings (SSSR count). The Morgan fingerprint density at radius 1 is 1.16 bits per heavy atom. The molecule has 0 saturated heterocycles. The first-order valence-electron chi connectivity index (χ1n) is 9.14. The fourth-order valence-electron chi connectivity index (χ4n) is 2.88. The molecule has 0 bridgehead atoms. The maximum atomic E-state index is 12.4. The number of halogens is 2. The summed E-state index contributed by atoms with van der Waals surface area (Å²) in [7, 11) is 1.78. The van der Waals surface area contributed by atoms with E-state index in [1.54, 1.807) is 48.0 Å². The molecular weight excluding hydrogens is 459 g/mol. The van der Waals surface area contributed by atoms with Gasteiger partial charge in [0.05, 0.1) is 33.1 Å². The Morgan fingerprint density at radius 2 is 1.97 bits per heavy atom. The highest BCUT2D eigenvalue weighted by molar-refractivity contribution is 7.98. The number of rotatable bonds is 6. The Hall–Kier alpha value is -2.88. The average molecular weight is 475 g/mol. The van der Waals surface area contributed by atoms with Crippen LogP contribution >= 0.6 is 35.0 Å². The van der Waals surface area contributed by atoms with E-state index in [9.17, 15) is 9.59 Å². The van der Waals surface area contributed by atoms with Crippen molar-refractivity contribution < 1.29 is 4.79 Å². The van der Waals surface area contributed by atoms with E-state index < -0.39 is 0 Å². The minimum Gasteiger partial charge on any atom is -0.326 e. The number of para-hydroxylation sites is 1. The molecule has 11 heteroatoms. The summed E-state index contributed by atoms with van der Waals surface area (Å²) in [5, 5.41) is 12.9. The van der Waals surface area contributed by atoms with E-state index in [-0.39, 0.29) is 17.9 Å². The van der Waals surface area contributed by atoms with Gasteiger partial charge in [0, 0.05) is 12.7 Å². The maximum Gasteiger partial charge on any atom is 0.258 e. The largest absolute Gasteiger partial charge is 0.326 e. The van der Waals surface area contributed by atoms with E-state index in [0.717, 1.165) is 0 Å². The normalized spacial score (nSPS) is 11.1. The molecule has 4 aromatic rings. The molecule has 31 heavy (non-hydrogen) atoms. The van der Waals surface area contributed by atoms with Crippen molar-refractivity contribution in [1.29, 1.82) is 0 Å². The number of nitrogens with zero attached hydrogens (tertiary/aromatic N) is 4. The average Bonchev–Trinajstić information content (AvgIpc) is 3.08. The number of thioether (sulfide) groups is 1. The van der Waals surface area contributed by atoms with Gasteiger partial charge < -0.3 is 14.9 Å². The van der Waals surface area contributed by atoms with Crippen LogP contribution in [0.15, 0.2) is 52.4 Å². The number of hydrogen-bond donors (Lipinski definition) is 2. The van der Waals surface area contributed by atoms with Crippen LogP contribution in [0.3, 0.4) is 0 Å². The summed E-state index contributed by atoms with van der Waals surface area (Å²) in [6, 6.07) is 12.0. The van der Waals surface area contributed by atoms with Gasteiger partial charge in [-0.05, 0) is 30.3 Å². The number of H-pyrrole nitrogens is 1. The van der Waals surface area contributed by atoms with Crippen LogP contribution in [-0.4, -0.2) is 30.6 Å². The van der Waals surface area contributed by atoms with E-state index in [4.69, 9.17) is 23.2 Å². The summed E-state index contributed by atoms with van der Waals surface area (Å²) in [4.78, 5) is 31.8. The monoisotopic (exact) mass is 474 g/mol. The predicted molar refractivity (Wildman–Crippen MR) is 122 cm³/mol. The number of benzene rings is 2. The molecule has 0 saturated carbocycles. The topological polar surface area (TPSA) is 106 Å². The number of amides is 1. The first-order valence-corrected chi connectivity index (χ1v) is 10.9. The van der Waals surface area contributed by atoms with Crippen molar-refractivity contribution in [3.63, 3.8) is 0 Å². The lowest BCUT2D eigenvalue weighted by atomic mass is 10.2. The van der Waals surface area contributed by atoms with E-state index in [1.807, 2.05) is 6.07 Å². The van der Waals surface area contributed by atoms with Gasteiger partial charge in [-0.15, -0.1) is 10.2 Å². The van der Waals surface area contributed by atoms with Crippen LogP contribution in [0.25, 0.3) is 10.9 Å². The van der Waals surface area contributed by atoms with Crippen LogP contribution < -0.4 is 10.9 Å². The number of aromatic amines is 1. The Bertz CT molecular complexity index is 1340. The van der Waals surface area contributed by atoms with Crippen LogP contribution in [-0.2, 0) is 24.0 Å². The van der Waals surface area contributed by atoms with Crippen molar-refractivity contribution in [1.82, 2.24) is 24.7 Å². The van der Waals surface area contributed by atoms with Crippen LogP contribution in [0, 0.1) is 0 Å². The third kappa shape index (κ3) is 4.90. The molecule has 0 aliphatic carbocycles. The van der Waals surface area contributed by atoms with E-state index in [0.29, 0.717) is 49.2 Å². The molecule has 0 aliphatic heterocycles. The smallest absolute Gasteiger partial charge is 0.258 e. The van der Waals surface area contributed by atoms with Crippen LogP contribution in [0.4, 0.5) is 5.69 Å². The van der Waals surface area contributed by atoms with Crippen molar-refractivity contribution in [3.05, 3.63) is 74.5 Å². The zero-order chi connectivity index (χ0) is 22.0. The highest BCUT2D eigenvalue weighted by Crippen LogP contribution is 2.25. The summed E-state index contributed by atoms with van der Waals surface area (Å²) in [6.45, 7) is 0. The van der Waals surface area contributed by atoms with Crippen LogP contribution in [0.1, 0.15) is 11.6 Å². The Kier molecular flexibility index (Phi) is 6.26. The lowest BCUT2D eigenvalue weighted by molar-refractivity contribution is -0.115. The van der Waals surface area contributed by atoms with Gasteiger partial charge in [0.15, 0.2) is 5.16 Å². The summed E-state index contributed by atoms with van der Waals surface area (Å²) in [5.41, 5.74) is 1.00. The van der Waals surface area contributed by atoms with Crippen molar-refractivity contribution >= 4 is 57.5 Å². The van der Waals surface area contributed by atoms with E-state index in [1.165, 1.54) is 11.8 Å². The van der Waals surface area contributed by atoms with Gasteiger partial charge in [-0.3, -0.25) is 9.59 Å². The quantitative estimate of drug-likeness (QED) is 0.411. The SMILES string of the molecule is Cn1c(CC(=O)Nc2ccc(Cl)c(Cl)c2)nnc1SCc1nc2ccccc2c(=O)[nH]1. The minimum absolute atomic E-state index is 0.0371. The maximum absolute atomic E-state index is 12.4. The summed E-state index contributed by atoms with van der Waals surface area (Å²) in [6.07, 6.45) is 0.0371. The van der Waals surface area contributed by atoms with Crippen molar-refractivity contribution in [2.24, 2.45) is 7.05 Å². The highest BCUT2D eigenvalue weighted by atomic mass is 35.5. The van der Waals surface area contributed by atoms with Gasteiger partial charge >= 0.3 is 0 Å². The number of carbonyl (C=O) groups is 1. The Labute approximate surface area is 191 Å². The molecule has 0 fully saturated rings. The number of carbonyl (C=O) groups excluding carboxylic acids is 1. The first-order chi connectivity index (χ1) is 14.9. The minimum atomic E-state index is -0.258. The van der Waals surface area contributed by atoms with Crippen LogP contribution in [0.2, 0.25) is 10.0 Å². The second-order valence-corrected chi connectivity index (χ2v) is 8.39. The van der Waals surface area contributed by atoms with Gasteiger partial charge in [-0.1, -0.05) is 47.1 Å². The standard InChI is InChI=1S/C20H16Cl2N6O2S/c1-28-17(9-18(29)23-11-6-7-13(21)14(22)8-11)26-27-20(28)31-10-16-24-15-5-3-2-4-12(15)19(30)25-16/h2-8H,9-10H2,1H3,(H,23,29)(H,24,25,30). The van der Waals surface area contributed by atoms with Gasteiger partial charge in [0.25, 0.3) is 5.56 Å². The fraction of sp³-hybridized carbons (Fsp3) is 0.150. The Morgan fingerprint density at radius 3 is 2.77 bits per heavy atom. The summed E-state index contributed by atoms with van der Waals surface area (Å²) in [5.74, 6) is 1.18. The molecule has 0 aliphatic rings. The zero-order valence-corrected chi connectivity index (χ0v) is 18.6. The third-order valence-corrected chi connectivity index (χ3v) is 6.22. The molecule has 158 valence electrons. The van der Waals surface area contributed by atoms with Gasteiger partial charge in [0.2, 0.25) is 5.91 Å². The van der Waals surface area contributed by atoms with Crippen molar-refractivity contribution in [2.75, 3.05) is 5.32 Å². The predicted octanol–water partition coefficient (Wildman–Crippen LogP) is 3.83. The number of fused-ring (bicyclic) bond motifs is 1. The van der Waals surface area contributed by atoms with Gasteiger partial charge in [0.1, 0.15) is 11.6 Å². The Balaban J connectivity index is 1.41. The highest BCUT2D eigenvalue weighted by Gasteiger charge is 2.14. The van der Waals surface area contributed by atoms with Crippen molar-refractivity contribution in [2.45, 2.75) is 17.3 Å². The zero-order valence-electron chi connectivity index (χ0n) is 16.2. The lowest BCUT2D eigenvalue weighted by Crippen LogP contribution is -2.17. The van der Waals surface area contributed by atoms with E-state index in [2.05, 4.69) is 25.5 Å². The molecule has 0 spiro atoms. The molecule has 0 radical (unpaired) electrons. The number of aromatic nitrogens is 5. The van der Waals surface area contributed by atoms with Gasteiger partial charge in [-0.25, -0.2) is 4.98 Å². The molecule has 0 atom stereocenters. The van der Waals surface area contributed by atoms with Crippen LogP contribution in [0.5, 0.6) is 0 Å². The van der Waals surface area contributed by atoms with Crippen molar-refractivity contribution in [3.8, 4) is 0 Å². The second-order valence-electron chi connectivity index (χ2n) is 6.63.